The third-order valence-corrected chi connectivity index (χ3v) is 0. The van der Waals surface area contributed by atoms with Crippen LogP contribution in [0.5, 0.6) is 0 Å². The molecule has 6 heavy (non-hydrogen) atoms. The molecule has 0 saturated heterocycles. The van der Waals surface area contributed by atoms with E-state index in [2.05, 4.69) is 6.58 Å². The summed E-state index contributed by atoms with van der Waals surface area (Å²) in [4.78, 5) is 0. The Balaban J connectivity index is -0.0000000450. The Labute approximate surface area is 63.6 Å². The normalized spacial score (nSPS) is 4.33. The van der Waals surface area contributed by atoms with Crippen molar-refractivity contribution in [3.63, 3.8) is 0 Å². The second-order valence-corrected chi connectivity index (χ2v) is 3.16. The van der Waals surface area contributed by atoms with Gasteiger partial charge in [-0.05, 0) is 0 Å². The van der Waals surface area contributed by atoms with Crippen LogP contribution < -0.4 is 0 Å². The van der Waals surface area contributed by atoms with Gasteiger partial charge in [0.15, 0.2) is 0 Å². The van der Waals surface area contributed by atoms with Crippen LogP contribution in [0.15, 0.2) is 10.4 Å². The van der Waals surface area contributed by atoms with Crippen LogP contribution in [-0.4, -0.2) is 16.9 Å². The van der Waals surface area contributed by atoms with Crippen LogP contribution in [0, 0.1) is 0 Å². The van der Waals surface area contributed by atoms with Gasteiger partial charge in [-0.2, -0.15) is 0 Å². The fraction of sp³-hybridized carbons (Fsp3) is 0. The van der Waals surface area contributed by atoms with Crippen molar-refractivity contribution >= 4 is 53.3 Å². The fourth-order valence-electron chi connectivity index (χ4n) is 0. The Morgan fingerprint density at radius 2 is 1.50 bits per heavy atom. The van der Waals surface area contributed by atoms with Crippen molar-refractivity contribution < 1.29 is 0 Å². The molecule has 0 spiro atoms. The molecule has 0 aliphatic carbocycles. The molecule has 0 radical (unpaired) electrons. The zero-order chi connectivity index (χ0) is 3.58. The molecule has 0 amide bonds. The Kier molecular flexibility index (Phi) is 24.8. The molecule has 40 valence electrons. The maximum absolute atomic E-state index is 5.11. The van der Waals surface area contributed by atoms with E-state index in [1.807, 2.05) is 0 Å². The quantitative estimate of drug-likeness (QED) is 0.528. The van der Waals surface area contributed by atoms with E-state index >= 15 is 0 Å². The molecule has 4 heteroatoms. The van der Waals surface area contributed by atoms with Crippen molar-refractivity contribution in [1.82, 2.24) is 0 Å². The minimum absolute atomic E-state index is 0. The number of hydrogen-bond donors (Lipinski definition) is 0. The standard InChI is InChI=1S/C2H4AsCl.2ClH/c1-2(3)4;;/h1,3H2;2*1H. The van der Waals surface area contributed by atoms with Crippen molar-refractivity contribution in [1.29, 1.82) is 0 Å². The van der Waals surface area contributed by atoms with Crippen LogP contribution in [0.2, 0.25) is 0 Å². The smallest absolute Gasteiger partial charge is 0.147 e. The van der Waals surface area contributed by atoms with Crippen LogP contribution in [0.25, 0.3) is 0 Å². The van der Waals surface area contributed by atoms with Crippen LogP contribution in [0.4, 0.5) is 0 Å². The third-order valence-electron chi connectivity index (χ3n) is 0. The third kappa shape index (κ3) is 65.8. The van der Waals surface area contributed by atoms with E-state index < -0.39 is 0 Å². The summed E-state index contributed by atoms with van der Waals surface area (Å²) in [5.41, 5.74) is 0. The fourth-order valence-corrected chi connectivity index (χ4v) is 0. The predicted molar refractivity (Wildman–Crippen MR) is 38.0 cm³/mol. The van der Waals surface area contributed by atoms with E-state index in [0.29, 0.717) is 3.82 Å². The molecule has 1 atom stereocenters. The summed E-state index contributed by atoms with van der Waals surface area (Å²) in [7, 11) is 0. The molecule has 0 N–H and O–H groups in total. The van der Waals surface area contributed by atoms with Crippen LogP contribution in [0.3, 0.4) is 0 Å². The molecular weight excluding hydrogens is 205 g/mol. The minimum atomic E-state index is 0. The first kappa shape index (κ1) is 15.7. The molecule has 0 saturated carbocycles. The molecule has 0 nitrogen and oxygen atoms in total. The maximum Gasteiger partial charge on any atom is -0.147 e. The van der Waals surface area contributed by atoms with Gasteiger partial charge in [-0.3, -0.25) is 0 Å². The predicted octanol–water partition coefficient (Wildman–Crippen LogP) is 1.17. The minimum Gasteiger partial charge on any atom is -0.147 e. The number of halogens is 3. The van der Waals surface area contributed by atoms with Crippen molar-refractivity contribution in [2.24, 2.45) is 0 Å². The van der Waals surface area contributed by atoms with Gasteiger partial charge in [0, 0.05) is 0 Å². The molecular formula is C2H6AsCl3. The van der Waals surface area contributed by atoms with E-state index in [-0.39, 0.29) is 24.8 Å². The Hall–Kier alpha value is 1.17. The van der Waals surface area contributed by atoms with E-state index in [4.69, 9.17) is 11.6 Å². The molecule has 0 aliphatic heterocycles. The van der Waals surface area contributed by atoms with Gasteiger partial charge in [0.05, 0.1) is 0 Å². The first-order chi connectivity index (χ1) is 1.73. The number of hydrogen-bond acceptors (Lipinski definition) is 0. The zero-order valence-corrected chi connectivity index (χ0v) is 7.79. The second kappa shape index (κ2) is 9.48. The SMILES string of the molecule is C=C(Cl)[AsH2].Cl.Cl. The van der Waals surface area contributed by atoms with Crippen molar-refractivity contribution in [3.05, 3.63) is 10.4 Å². The van der Waals surface area contributed by atoms with Crippen molar-refractivity contribution in [2.75, 3.05) is 0 Å². The van der Waals surface area contributed by atoms with Crippen LogP contribution in [0.1, 0.15) is 0 Å². The molecule has 0 heterocycles. The molecule has 0 fully saturated rings. The molecule has 0 aromatic rings. The van der Waals surface area contributed by atoms with Crippen molar-refractivity contribution in [3.8, 4) is 0 Å². The monoisotopic (exact) mass is 210 g/mol. The molecule has 0 aromatic heterocycles. The molecule has 0 rings (SSSR count). The Morgan fingerprint density at radius 1 is 1.50 bits per heavy atom. The summed E-state index contributed by atoms with van der Waals surface area (Å²) in [5.74, 6) is 0. The van der Waals surface area contributed by atoms with Gasteiger partial charge in [0.2, 0.25) is 0 Å². The van der Waals surface area contributed by atoms with Gasteiger partial charge in [0.25, 0.3) is 0 Å². The topological polar surface area (TPSA) is 0 Å². The van der Waals surface area contributed by atoms with E-state index in [9.17, 15) is 0 Å². The van der Waals surface area contributed by atoms with E-state index in [1.54, 1.807) is 0 Å². The van der Waals surface area contributed by atoms with Gasteiger partial charge in [-0.15, -0.1) is 24.8 Å². The molecule has 0 aliphatic rings. The average molecular weight is 211 g/mol. The summed E-state index contributed by atoms with van der Waals surface area (Å²) in [6, 6.07) is 0. The molecule has 0 aromatic carbocycles. The van der Waals surface area contributed by atoms with Gasteiger partial charge in [-0.25, -0.2) is 0 Å². The summed E-state index contributed by atoms with van der Waals surface area (Å²) >= 11 is 6.48. The maximum atomic E-state index is 5.11. The summed E-state index contributed by atoms with van der Waals surface area (Å²) in [5, 5.41) is 0. The Morgan fingerprint density at radius 3 is 1.50 bits per heavy atom. The molecule has 0 bridgehead atoms. The first-order valence-electron chi connectivity index (χ1n) is 0.831. The van der Waals surface area contributed by atoms with E-state index in [1.165, 1.54) is 16.9 Å². The summed E-state index contributed by atoms with van der Waals surface area (Å²) < 4.78 is 0.701. The Bertz CT molecular complexity index is 31.8. The van der Waals surface area contributed by atoms with Gasteiger partial charge < -0.3 is 0 Å². The van der Waals surface area contributed by atoms with Gasteiger partial charge in [-0.1, -0.05) is 0 Å². The summed E-state index contributed by atoms with van der Waals surface area (Å²) in [6.07, 6.45) is 0. The van der Waals surface area contributed by atoms with Gasteiger partial charge >= 0.3 is 38.9 Å². The average Bonchev–Trinajstić information content (AvgIpc) is 0.811. The zero-order valence-electron chi connectivity index (χ0n) is 2.98. The second-order valence-electron chi connectivity index (χ2n) is 0.447. The number of rotatable bonds is 0. The molecule has 1 unspecified atom stereocenters. The van der Waals surface area contributed by atoms with E-state index in [0.717, 1.165) is 0 Å². The van der Waals surface area contributed by atoms with Crippen LogP contribution in [-0.2, 0) is 0 Å². The largest absolute Gasteiger partial charge is 0.147 e. The van der Waals surface area contributed by atoms with Gasteiger partial charge in [0.1, 0.15) is 0 Å². The van der Waals surface area contributed by atoms with Crippen LogP contribution >= 0.6 is 36.4 Å². The summed E-state index contributed by atoms with van der Waals surface area (Å²) in [6.45, 7) is 3.35. The van der Waals surface area contributed by atoms with Crippen molar-refractivity contribution in [2.45, 2.75) is 0 Å². The first-order valence-corrected chi connectivity index (χ1v) is 2.42.